The van der Waals surface area contributed by atoms with Gasteiger partial charge < -0.3 is 10.6 Å². The minimum absolute atomic E-state index is 0.622. The highest BCUT2D eigenvalue weighted by atomic mass is 15.0. The first-order valence-electron chi connectivity index (χ1n) is 12.5. The summed E-state index contributed by atoms with van der Waals surface area (Å²) in [7, 11) is 0. The quantitative estimate of drug-likeness (QED) is 0.235. The van der Waals surface area contributed by atoms with Gasteiger partial charge in [-0.3, -0.25) is 0 Å². The van der Waals surface area contributed by atoms with Gasteiger partial charge in [0.25, 0.3) is 0 Å². The second-order valence-electron chi connectivity index (χ2n) is 8.78. The summed E-state index contributed by atoms with van der Waals surface area (Å²) in [5, 5.41) is 7.06. The van der Waals surface area contributed by atoms with Crippen molar-refractivity contribution in [3.8, 4) is 34.2 Å². The summed E-state index contributed by atoms with van der Waals surface area (Å²) in [6, 6.07) is 46.5. The van der Waals surface area contributed by atoms with Crippen LogP contribution in [-0.4, -0.2) is 15.0 Å². The van der Waals surface area contributed by atoms with E-state index in [2.05, 4.69) is 28.8 Å². The van der Waals surface area contributed by atoms with Crippen LogP contribution >= 0.6 is 0 Å². The highest BCUT2D eigenvalue weighted by Crippen LogP contribution is 2.30. The van der Waals surface area contributed by atoms with E-state index in [1.54, 1.807) is 0 Å². The van der Waals surface area contributed by atoms with Crippen LogP contribution in [0.4, 0.5) is 22.7 Å². The molecule has 6 aromatic rings. The van der Waals surface area contributed by atoms with Crippen LogP contribution in [0.2, 0.25) is 0 Å². The first kappa shape index (κ1) is 23.1. The highest BCUT2D eigenvalue weighted by molar-refractivity contribution is 5.79. The smallest absolute Gasteiger partial charge is 0.164 e. The maximum absolute atomic E-state index is 4.86. The zero-order valence-corrected chi connectivity index (χ0v) is 20.6. The number of nitrogens with zero attached hydrogens (tertiary/aromatic N) is 3. The molecule has 0 unspecified atom stereocenters. The van der Waals surface area contributed by atoms with Gasteiger partial charge >= 0.3 is 0 Å². The van der Waals surface area contributed by atoms with Crippen LogP contribution in [0.25, 0.3) is 34.2 Å². The van der Waals surface area contributed by atoms with Gasteiger partial charge in [-0.1, -0.05) is 103 Å². The lowest BCUT2D eigenvalue weighted by molar-refractivity contribution is 1.07. The Labute approximate surface area is 221 Å². The summed E-state index contributed by atoms with van der Waals surface area (Å²) >= 11 is 0. The number of rotatable bonds is 7. The normalized spacial score (nSPS) is 10.6. The molecular weight excluding hydrogens is 466 g/mol. The monoisotopic (exact) mass is 491 g/mol. The van der Waals surface area contributed by atoms with Crippen molar-refractivity contribution < 1.29 is 0 Å². The molecule has 1 heterocycles. The SMILES string of the molecule is c1ccc(Nc2ccccc2Nc2cccc(-c3nc(-c4ccccc4)nc(-c4ccccc4)n3)c2)cc1. The van der Waals surface area contributed by atoms with Crippen LogP contribution in [0.15, 0.2) is 140 Å². The van der Waals surface area contributed by atoms with E-state index in [9.17, 15) is 0 Å². The van der Waals surface area contributed by atoms with Crippen molar-refractivity contribution in [2.24, 2.45) is 0 Å². The zero-order chi connectivity index (χ0) is 25.6. The molecule has 0 saturated carbocycles. The van der Waals surface area contributed by atoms with Gasteiger partial charge in [0.1, 0.15) is 0 Å². The van der Waals surface area contributed by atoms with Crippen LogP contribution < -0.4 is 10.6 Å². The van der Waals surface area contributed by atoms with E-state index in [0.29, 0.717) is 17.5 Å². The van der Waals surface area contributed by atoms with Crippen molar-refractivity contribution in [3.63, 3.8) is 0 Å². The zero-order valence-electron chi connectivity index (χ0n) is 20.6. The van der Waals surface area contributed by atoms with Crippen LogP contribution in [0, 0.1) is 0 Å². The number of benzene rings is 5. The summed E-state index contributed by atoms with van der Waals surface area (Å²) in [6.07, 6.45) is 0. The van der Waals surface area contributed by atoms with Crippen molar-refractivity contribution >= 4 is 22.7 Å². The number of nitrogens with one attached hydrogen (secondary N) is 2. The van der Waals surface area contributed by atoms with Gasteiger partial charge in [-0.05, 0) is 36.4 Å². The Balaban J connectivity index is 1.36. The molecule has 0 aliphatic carbocycles. The summed E-state index contributed by atoms with van der Waals surface area (Å²) < 4.78 is 0. The number of hydrogen-bond donors (Lipinski definition) is 2. The standard InChI is InChI=1S/C33H25N5/c1-4-13-24(14-5-1)31-36-32(25-15-6-2-7-16-25)38-33(37-31)26-17-12-20-28(23-26)35-30-22-11-10-21-29(30)34-27-18-8-3-9-19-27/h1-23,34-35H. The van der Waals surface area contributed by atoms with Crippen LogP contribution in [0.5, 0.6) is 0 Å². The third-order valence-corrected chi connectivity index (χ3v) is 6.08. The van der Waals surface area contributed by atoms with Gasteiger partial charge in [-0.2, -0.15) is 0 Å². The molecule has 5 heteroatoms. The summed E-state index contributed by atoms with van der Waals surface area (Å²) in [5.41, 5.74) is 6.73. The number of aromatic nitrogens is 3. The lowest BCUT2D eigenvalue weighted by Crippen LogP contribution is -2.01. The lowest BCUT2D eigenvalue weighted by atomic mass is 10.1. The Morgan fingerprint density at radius 1 is 0.342 bits per heavy atom. The van der Waals surface area contributed by atoms with E-state index in [1.807, 2.05) is 121 Å². The predicted molar refractivity (Wildman–Crippen MR) is 156 cm³/mol. The average molecular weight is 492 g/mol. The minimum atomic E-state index is 0.622. The second-order valence-corrected chi connectivity index (χ2v) is 8.78. The average Bonchev–Trinajstić information content (AvgIpc) is 2.99. The molecule has 5 aromatic carbocycles. The van der Waals surface area contributed by atoms with Crippen molar-refractivity contribution in [1.29, 1.82) is 0 Å². The molecule has 0 amide bonds. The maximum atomic E-state index is 4.86. The van der Waals surface area contributed by atoms with E-state index in [1.165, 1.54) is 0 Å². The molecule has 0 fully saturated rings. The van der Waals surface area contributed by atoms with Crippen LogP contribution in [0.1, 0.15) is 0 Å². The molecule has 38 heavy (non-hydrogen) atoms. The highest BCUT2D eigenvalue weighted by Gasteiger charge is 2.13. The van der Waals surface area contributed by atoms with Crippen molar-refractivity contribution in [3.05, 3.63) is 140 Å². The third-order valence-electron chi connectivity index (χ3n) is 6.08. The molecule has 0 aliphatic rings. The summed E-state index contributed by atoms with van der Waals surface area (Å²) in [5.74, 6) is 1.91. The Morgan fingerprint density at radius 3 is 1.29 bits per heavy atom. The molecular formula is C33H25N5. The van der Waals surface area contributed by atoms with Crippen molar-refractivity contribution in [1.82, 2.24) is 15.0 Å². The molecule has 0 bridgehead atoms. The van der Waals surface area contributed by atoms with Gasteiger partial charge in [0.2, 0.25) is 0 Å². The summed E-state index contributed by atoms with van der Waals surface area (Å²) in [4.78, 5) is 14.5. The number of para-hydroxylation sites is 3. The first-order chi connectivity index (χ1) is 18.8. The topological polar surface area (TPSA) is 62.7 Å². The van der Waals surface area contributed by atoms with Crippen LogP contribution in [-0.2, 0) is 0 Å². The molecule has 6 rings (SSSR count). The maximum Gasteiger partial charge on any atom is 0.164 e. The fourth-order valence-electron chi connectivity index (χ4n) is 4.21. The summed E-state index contributed by atoms with van der Waals surface area (Å²) in [6.45, 7) is 0. The van der Waals surface area contributed by atoms with Gasteiger partial charge in [0.15, 0.2) is 17.5 Å². The molecule has 0 aliphatic heterocycles. The van der Waals surface area contributed by atoms with E-state index >= 15 is 0 Å². The lowest BCUT2D eigenvalue weighted by Gasteiger charge is -2.15. The molecule has 0 saturated heterocycles. The Morgan fingerprint density at radius 2 is 0.737 bits per heavy atom. The molecule has 0 radical (unpaired) electrons. The molecule has 1 aromatic heterocycles. The van der Waals surface area contributed by atoms with Gasteiger partial charge in [0, 0.05) is 28.1 Å². The first-order valence-corrected chi connectivity index (χ1v) is 12.5. The van der Waals surface area contributed by atoms with Gasteiger partial charge in [0.05, 0.1) is 11.4 Å². The van der Waals surface area contributed by atoms with E-state index in [4.69, 9.17) is 15.0 Å². The largest absolute Gasteiger partial charge is 0.354 e. The second kappa shape index (κ2) is 10.8. The predicted octanol–water partition coefficient (Wildman–Crippen LogP) is 8.36. The van der Waals surface area contributed by atoms with Crippen molar-refractivity contribution in [2.75, 3.05) is 10.6 Å². The molecule has 5 nitrogen and oxygen atoms in total. The Hall–Kier alpha value is -5.29. The fourth-order valence-corrected chi connectivity index (χ4v) is 4.21. The van der Waals surface area contributed by atoms with E-state index in [-0.39, 0.29) is 0 Å². The van der Waals surface area contributed by atoms with E-state index in [0.717, 1.165) is 39.4 Å². The van der Waals surface area contributed by atoms with Gasteiger partial charge in [-0.25, -0.2) is 15.0 Å². The minimum Gasteiger partial charge on any atom is -0.354 e. The fraction of sp³-hybridized carbons (Fsp3) is 0. The molecule has 0 atom stereocenters. The Bertz CT molecular complexity index is 1590. The molecule has 2 N–H and O–H groups in total. The van der Waals surface area contributed by atoms with Crippen molar-refractivity contribution in [2.45, 2.75) is 0 Å². The molecule has 0 spiro atoms. The third kappa shape index (κ3) is 5.27. The van der Waals surface area contributed by atoms with Crippen LogP contribution in [0.3, 0.4) is 0 Å². The molecule has 182 valence electrons. The number of anilines is 4. The Kier molecular flexibility index (Phi) is 6.55. The number of hydrogen-bond acceptors (Lipinski definition) is 5. The van der Waals surface area contributed by atoms with Gasteiger partial charge in [-0.15, -0.1) is 0 Å². The van der Waals surface area contributed by atoms with E-state index < -0.39 is 0 Å².